The third-order valence-corrected chi connectivity index (χ3v) is 9.48. The Morgan fingerprint density at radius 2 is 1.79 bits per heavy atom. The number of epoxide rings is 1. The second kappa shape index (κ2) is 8.21. The van der Waals surface area contributed by atoms with Gasteiger partial charge in [0, 0.05) is 51.1 Å². The van der Waals surface area contributed by atoms with E-state index in [0.29, 0.717) is 17.8 Å². The molecule has 0 N–H and O–H groups in total. The van der Waals surface area contributed by atoms with Crippen LogP contribution in [0.5, 0.6) is 0 Å². The smallest absolute Gasteiger partial charge is 0.311 e. The SMILES string of the molecule is C[C@@H]1CC[C@H]2C(CN3CCN(C/C=C/c4ccccc4)CC3)C(=O)O[C@]23[C@H]1CC[C@@]1(C)O[C@@H]31. The summed E-state index contributed by atoms with van der Waals surface area (Å²) in [6, 6.07) is 10.5. The highest BCUT2D eigenvalue weighted by Crippen LogP contribution is 2.66. The summed E-state index contributed by atoms with van der Waals surface area (Å²) < 4.78 is 12.7. The summed E-state index contributed by atoms with van der Waals surface area (Å²) in [5, 5.41) is 0. The predicted octanol–water partition coefficient (Wildman–Crippen LogP) is 3.84. The summed E-state index contributed by atoms with van der Waals surface area (Å²) >= 11 is 0. The van der Waals surface area contributed by atoms with Gasteiger partial charge in [-0.05, 0) is 44.1 Å². The van der Waals surface area contributed by atoms with Gasteiger partial charge in [-0.3, -0.25) is 14.6 Å². The molecule has 6 rings (SSSR count). The van der Waals surface area contributed by atoms with Crippen LogP contribution >= 0.6 is 0 Å². The average molecular weight is 451 g/mol. The van der Waals surface area contributed by atoms with Gasteiger partial charge in [0.1, 0.15) is 11.7 Å². The minimum atomic E-state index is -0.351. The summed E-state index contributed by atoms with van der Waals surface area (Å²) in [6.07, 6.45) is 9.17. The van der Waals surface area contributed by atoms with Crippen molar-refractivity contribution in [3.63, 3.8) is 0 Å². The van der Waals surface area contributed by atoms with E-state index in [-0.39, 0.29) is 29.2 Å². The fraction of sp³-hybridized carbons (Fsp3) is 0.679. The molecule has 5 heteroatoms. The van der Waals surface area contributed by atoms with E-state index in [0.717, 1.165) is 58.5 Å². The summed E-state index contributed by atoms with van der Waals surface area (Å²) in [4.78, 5) is 18.3. The number of carbonyl (C=O) groups is 1. The van der Waals surface area contributed by atoms with Crippen molar-refractivity contribution in [2.45, 2.75) is 56.8 Å². The molecule has 0 amide bonds. The van der Waals surface area contributed by atoms with Crippen molar-refractivity contribution in [1.82, 2.24) is 9.80 Å². The van der Waals surface area contributed by atoms with Crippen LogP contribution in [0.2, 0.25) is 0 Å². The molecule has 33 heavy (non-hydrogen) atoms. The number of ether oxygens (including phenoxy) is 2. The number of esters is 1. The first-order valence-electron chi connectivity index (χ1n) is 13.1. The van der Waals surface area contributed by atoms with Gasteiger partial charge in [0.05, 0.1) is 11.5 Å². The zero-order chi connectivity index (χ0) is 22.6. The highest BCUT2D eigenvalue weighted by Gasteiger charge is 2.77. The van der Waals surface area contributed by atoms with E-state index in [4.69, 9.17) is 9.47 Å². The molecule has 5 fully saturated rings. The van der Waals surface area contributed by atoms with E-state index in [1.54, 1.807) is 0 Å². The Morgan fingerprint density at radius 3 is 2.58 bits per heavy atom. The maximum absolute atomic E-state index is 13.3. The molecule has 1 aromatic carbocycles. The van der Waals surface area contributed by atoms with Crippen molar-refractivity contribution in [2.75, 3.05) is 39.3 Å². The van der Waals surface area contributed by atoms with Crippen molar-refractivity contribution in [3.05, 3.63) is 42.0 Å². The molecule has 1 spiro atoms. The zero-order valence-corrected chi connectivity index (χ0v) is 20.1. The van der Waals surface area contributed by atoms with Gasteiger partial charge in [-0.2, -0.15) is 0 Å². The minimum Gasteiger partial charge on any atom is -0.455 e. The third kappa shape index (κ3) is 3.67. The number of hydrogen-bond acceptors (Lipinski definition) is 5. The van der Waals surface area contributed by atoms with Crippen molar-refractivity contribution in [3.8, 4) is 0 Å². The molecular formula is C28H38N2O3. The van der Waals surface area contributed by atoms with Crippen LogP contribution in [-0.4, -0.2) is 72.3 Å². The maximum Gasteiger partial charge on any atom is 0.311 e. The van der Waals surface area contributed by atoms with Gasteiger partial charge in [-0.15, -0.1) is 0 Å². The maximum atomic E-state index is 13.3. The number of carbonyl (C=O) groups excluding carboxylic acids is 1. The van der Waals surface area contributed by atoms with E-state index in [1.807, 2.05) is 0 Å². The average Bonchev–Trinajstić information content (AvgIpc) is 3.45. The molecular weight excluding hydrogens is 412 g/mol. The normalized spacial score (nSPS) is 43.1. The van der Waals surface area contributed by atoms with Gasteiger partial charge in [0.15, 0.2) is 0 Å². The highest BCUT2D eigenvalue weighted by molar-refractivity contribution is 5.77. The molecule has 1 aromatic rings. The van der Waals surface area contributed by atoms with Gasteiger partial charge in [-0.1, -0.05) is 49.4 Å². The van der Waals surface area contributed by atoms with Crippen LogP contribution in [0, 0.1) is 23.7 Å². The zero-order valence-electron chi connectivity index (χ0n) is 20.1. The molecule has 5 aliphatic rings. The fourth-order valence-electron chi connectivity index (χ4n) is 7.60. The summed E-state index contributed by atoms with van der Waals surface area (Å²) in [7, 11) is 0. The highest BCUT2D eigenvalue weighted by atomic mass is 16.7. The molecule has 3 saturated heterocycles. The first kappa shape index (κ1) is 21.8. The molecule has 2 saturated carbocycles. The molecule has 0 radical (unpaired) electrons. The van der Waals surface area contributed by atoms with Crippen molar-refractivity contribution < 1.29 is 14.3 Å². The van der Waals surface area contributed by atoms with Crippen molar-refractivity contribution in [2.24, 2.45) is 23.7 Å². The Kier molecular flexibility index (Phi) is 5.43. The topological polar surface area (TPSA) is 45.3 Å². The summed E-state index contributed by atoms with van der Waals surface area (Å²) in [5.41, 5.74) is 0.847. The van der Waals surface area contributed by atoms with Crippen molar-refractivity contribution >= 4 is 12.0 Å². The summed E-state index contributed by atoms with van der Waals surface area (Å²) in [5.74, 6) is 1.47. The van der Waals surface area contributed by atoms with E-state index in [1.165, 1.54) is 12.0 Å². The monoisotopic (exact) mass is 450 g/mol. The van der Waals surface area contributed by atoms with Gasteiger partial charge < -0.3 is 9.47 Å². The first-order valence-corrected chi connectivity index (χ1v) is 13.1. The molecule has 0 aromatic heterocycles. The van der Waals surface area contributed by atoms with E-state index in [9.17, 15) is 4.79 Å². The predicted molar refractivity (Wildman–Crippen MR) is 129 cm³/mol. The van der Waals surface area contributed by atoms with Crippen LogP contribution in [0.25, 0.3) is 6.08 Å². The van der Waals surface area contributed by atoms with Crippen LogP contribution in [0.1, 0.15) is 45.1 Å². The van der Waals surface area contributed by atoms with E-state index in [2.05, 4.69) is 66.1 Å². The van der Waals surface area contributed by atoms with Gasteiger partial charge >= 0.3 is 5.97 Å². The molecule has 3 aliphatic heterocycles. The van der Waals surface area contributed by atoms with Gasteiger partial charge in [0.2, 0.25) is 0 Å². The van der Waals surface area contributed by atoms with Gasteiger partial charge in [0.25, 0.3) is 0 Å². The lowest BCUT2D eigenvalue weighted by Crippen LogP contribution is -2.58. The lowest BCUT2D eigenvalue weighted by molar-refractivity contribution is -0.168. The summed E-state index contributed by atoms with van der Waals surface area (Å²) in [6.45, 7) is 10.6. The lowest BCUT2D eigenvalue weighted by Gasteiger charge is -2.50. The number of rotatable bonds is 5. The molecule has 7 atom stereocenters. The van der Waals surface area contributed by atoms with Crippen molar-refractivity contribution in [1.29, 1.82) is 0 Å². The Bertz CT molecular complexity index is 911. The van der Waals surface area contributed by atoms with E-state index >= 15 is 0 Å². The number of hydrogen-bond donors (Lipinski definition) is 0. The number of benzene rings is 1. The second-order valence-electron chi connectivity index (χ2n) is 11.4. The molecule has 3 heterocycles. The first-order chi connectivity index (χ1) is 16.0. The number of nitrogens with zero attached hydrogens (tertiary/aromatic N) is 2. The lowest BCUT2D eigenvalue weighted by atomic mass is 9.55. The van der Waals surface area contributed by atoms with Crippen LogP contribution < -0.4 is 0 Å². The van der Waals surface area contributed by atoms with E-state index < -0.39 is 0 Å². The number of piperazine rings is 1. The Morgan fingerprint density at radius 1 is 1.03 bits per heavy atom. The van der Waals surface area contributed by atoms with Crippen LogP contribution in [0.15, 0.2) is 36.4 Å². The third-order valence-electron chi connectivity index (χ3n) is 9.48. The fourth-order valence-corrected chi connectivity index (χ4v) is 7.60. The second-order valence-corrected chi connectivity index (χ2v) is 11.4. The molecule has 1 unspecified atom stereocenters. The van der Waals surface area contributed by atoms with Crippen LogP contribution in [0.3, 0.4) is 0 Å². The largest absolute Gasteiger partial charge is 0.455 e. The molecule has 178 valence electrons. The Hall–Kier alpha value is -1.69. The quantitative estimate of drug-likeness (QED) is 0.504. The minimum absolute atomic E-state index is 0.0103. The Balaban J connectivity index is 1.08. The molecule has 5 nitrogen and oxygen atoms in total. The Labute approximate surface area is 198 Å². The molecule has 2 aliphatic carbocycles. The van der Waals surface area contributed by atoms with Crippen LogP contribution in [-0.2, 0) is 14.3 Å². The number of fused-ring (bicyclic) bond motifs is 1. The van der Waals surface area contributed by atoms with Gasteiger partial charge in [-0.25, -0.2) is 0 Å². The standard InChI is InChI=1S/C28H38N2O3/c1-20-10-11-24-22(25(31)32-28(24)23(20)12-13-27(2)26(28)33-27)19-30-17-15-29(16-18-30)14-6-9-21-7-4-3-5-8-21/h3-9,20,22-24,26H,10-19H2,1-2H3/b9-6+/t20-,22?,23+,24+,26-,27-,28-/m1/s1. The molecule has 0 bridgehead atoms. The van der Waals surface area contributed by atoms with Crippen LogP contribution in [0.4, 0.5) is 0 Å².